The van der Waals surface area contributed by atoms with Gasteiger partial charge in [-0.1, -0.05) is 0 Å². The molecule has 0 radical (unpaired) electrons. The number of hydrogen-bond donors (Lipinski definition) is 1. The van der Waals surface area contributed by atoms with Gasteiger partial charge in [0.15, 0.2) is 9.84 Å². The van der Waals surface area contributed by atoms with Crippen LogP contribution in [0.15, 0.2) is 34.1 Å². The van der Waals surface area contributed by atoms with Crippen molar-refractivity contribution in [1.29, 1.82) is 0 Å². The zero-order valence-corrected chi connectivity index (χ0v) is 13.6. The summed E-state index contributed by atoms with van der Waals surface area (Å²) in [4.78, 5) is 10.9. The average Bonchev–Trinajstić information content (AvgIpc) is 2.36. The Morgan fingerprint density at radius 2 is 1.57 bits per heavy atom. The van der Waals surface area contributed by atoms with Crippen molar-refractivity contribution in [3.8, 4) is 0 Å². The van der Waals surface area contributed by atoms with Crippen molar-refractivity contribution < 1.29 is 21.6 Å². The topological polar surface area (TPSA) is 115 Å². The van der Waals surface area contributed by atoms with Crippen LogP contribution < -0.4 is 5.73 Å². The van der Waals surface area contributed by atoms with Crippen LogP contribution in [0, 0.1) is 0 Å². The summed E-state index contributed by atoms with van der Waals surface area (Å²) < 4.78 is 48.4. The van der Waals surface area contributed by atoms with E-state index in [1.807, 2.05) is 0 Å². The number of nitrogens with zero attached hydrogens (tertiary/aromatic N) is 1. The van der Waals surface area contributed by atoms with Gasteiger partial charge < -0.3 is 5.73 Å². The maximum atomic E-state index is 12.3. The van der Waals surface area contributed by atoms with Crippen molar-refractivity contribution >= 4 is 25.8 Å². The van der Waals surface area contributed by atoms with Crippen LogP contribution in [-0.4, -0.2) is 46.4 Å². The molecule has 1 aromatic carbocycles. The van der Waals surface area contributed by atoms with E-state index in [2.05, 4.69) is 0 Å². The normalized spacial score (nSPS) is 14.1. The van der Waals surface area contributed by atoms with Crippen LogP contribution in [0.5, 0.6) is 0 Å². The minimum Gasteiger partial charge on any atom is -0.370 e. The molecule has 0 spiro atoms. The molecule has 1 rings (SSSR count). The maximum absolute atomic E-state index is 12.3. The standard InChI is InChI=1S/C12H18N2O5S2/c1-9(8-12(13)15)14(2)21(18,19)11-6-4-10(5-7-11)20(3,16)17/h4-7,9H,8H2,1-3H3,(H2,13,15). The van der Waals surface area contributed by atoms with Gasteiger partial charge in [0.1, 0.15) is 0 Å². The summed E-state index contributed by atoms with van der Waals surface area (Å²) in [6.45, 7) is 1.56. The average molecular weight is 334 g/mol. The van der Waals surface area contributed by atoms with E-state index in [1.54, 1.807) is 6.92 Å². The first-order valence-electron chi connectivity index (χ1n) is 6.02. The highest BCUT2D eigenvalue weighted by Crippen LogP contribution is 2.19. The Balaban J connectivity index is 3.11. The minimum absolute atomic E-state index is 0.0364. The first kappa shape index (κ1) is 17.6. The summed E-state index contributed by atoms with van der Waals surface area (Å²) in [5, 5.41) is 0. The van der Waals surface area contributed by atoms with Crippen molar-refractivity contribution in [2.75, 3.05) is 13.3 Å². The summed E-state index contributed by atoms with van der Waals surface area (Å²) in [7, 11) is -5.86. The predicted molar refractivity (Wildman–Crippen MR) is 77.8 cm³/mol. The Bertz CT molecular complexity index is 723. The minimum atomic E-state index is -3.82. The Morgan fingerprint density at radius 1 is 1.14 bits per heavy atom. The first-order valence-corrected chi connectivity index (χ1v) is 9.36. The largest absolute Gasteiger partial charge is 0.370 e. The lowest BCUT2D eigenvalue weighted by Gasteiger charge is -2.23. The van der Waals surface area contributed by atoms with Crippen LogP contribution in [0.25, 0.3) is 0 Å². The molecule has 118 valence electrons. The highest BCUT2D eigenvalue weighted by atomic mass is 32.2. The number of primary amides is 1. The quantitative estimate of drug-likeness (QED) is 0.785. The van der Waals surface area contributed by atoms with Gasteiger partial charge in [-0.15, -0.1) is 0 Å². The molecule has 7 nitrogen and oxygen atoms in total. The molecule has 0 aliphatic heterocycles. The van der Waals surface area contributed by atoms with Gasteiger partial charge in [-0.25, -0.2) is 16.8 Å². The van der Waals surface area contributed by atoms with E-state index < -0.39 is 31.8 Å². The zero-order chi connectivity index (χ0) is 16.4. The third kappa shape index (κ3) is 4.26. The van der Waals surface area contributed by atoms with Crippen molar-refractivity contribution in [2.24, 2.45) is 5.73 Å². The van der Waals surface area contributed by atoms with Crippen LogP contribution in [0.1, 0.15) is 13.3 Å². The number of rotatable bonds is 6. The molecule has 1 atom stereocenters. The molecule has 1 aromatic rings. The van der Waals surface area contributed by atoms with Gasteiger partial charge in [-0.3, -0.25) is 4.79 Å². The molecule has 2 N–H and O–H groups in total. The van der Waals surface area contributed by atoms with Crippen LogP contribution in [0.4, 0.5) is 0 Å². The second-order valence-electron chi connectivity index (χ2n) is 4.78. The van der Waals surface area contributed by atoms with Gasteiger partial charge in [0.05, 0.1) is 9.79 Å². The van der Waals surface area contributed by atoms with E-state index in [0.717, 1.165) is 10.6 Å². The Kier molecular flexibility index (Phi) is 5.13. The van der Waals surface area contributed by atoms with E-state index in [9.17, 15) is 21.6 Å². The van der Waals surface area contributed by atoms with Gasteiger partial charge >= 0.3 is 0 Å². The third-order valence-electron chi connectivity index (χ3n) is 3.05. The molecule has 0 heterocycles. The van der Waals surface area contributed by atoms with Gasteiger partial charge in [-0.2, -0.15) is 4.31 Å². The summed E-state index contributed by atoms with van der Waals surface area (Å²) >= 11 is 0. The number of nitrogens with two attached hydrogens (primary N) is 1. The van der Waals surface area contributed by atoms with Crippen molar-refractivity contribution in [2.45, 2.75) is 29.2 Å². The SMILES string of the molecule is CC(CC(N)=O)N(C)S(=O)(=O)c1ccc(S(C)(=O)=O)cc1. The number of carbonyl (C=O) groups is 1. The number of sulfone groups is 1. The van der Waals surface area contributed by atoms with E-state index in [1.165, 1.54) is 31.3 Å². The lowest BCUT2D eigenvalue weighted by atomic mass is 10.2. The number of hydrogen-bond acceptors (Lipinski definition) is 5. The fraction of sp³-hybridized carbons (Fsp3) is 0.417. The predicted octanol–water partition coefficient (Wildman–Crippen LogP) is -0.0255. The molecule has 0 aromatic heterocycles. The smallest absolute Gasteiger partial charge is 0.243 e. The molecule has 0 aliphatic carbocycles. The third-order valence-corrected chi connectivity index (χ3v) is 6.16. The van der Waals surface area contributed by atoms with E-state index in [4.69, 9.17) is 5.73 Å². The molecule has 9 heteroatoms. The molecule has 0 bridgehead atoms. The monoisotopic (exact) mass is 334 g/mol. The van der Waals surface area contributed by atoms with Gasteiger partial charge in [0.2, 0.25) is 15.9 Å². The molecule has 0 aliphatic rings. The molecule has 0 saturated heterocycles. The molecule has 0 fully saturated rings. The second kappa shape index (κ2) is 6.12. The molecular formula is C12H18N2O5S2. The van der Waals surface area contributed by atoms with E-state index in [-0.39, 0.29) is 16.2 Å². The first-order chi connectivity index (χ1) is 9.46. The van der Waals surface area contributed by atoms with Gasteiger partial charge in [0.25, 0.3) is 0 Å². The number of carbonyl (C=O) groups excluding carboxylic acids is 1. The van der Waals surface area contributed by atoms with Crippen molar-refractivity contribution in [3.05, 3.63) is 24.3 Å². The molecule has 0 saturated carbocycles. The number of amides is 1. The Morgan fingerprint density at radius 3 is 1.95 bits per heavy atom. The molecule has 21 heavy (non-hydrogen) atoms. The summed E-state index contributed by atoms with van der Waals surface area (Å²) in [5.41, 5.74) is 5.05. The summed E-state index contributed by atoms with van der Waals surface area (Å²) in [6, 6.07) is 4.31. The number of benzene rings is 1. The van der Waals surface area contributed by atoms with Crippen LogP contribution >= 0.6 is 0 Å². The number of sulfonamides is 1. The zero-order valence-electron chi connectivity index (χ0n) is 12.0. The Labute approximate surface area is 124 Å². The highest BCUT2D eigenvalue weighted by molar-refractivity contribution is 7.90. The van der Waals surface area contributed by atoms with Crippen LogP contribution in [0.2, 0.25) is 0 Å². The molecule has 1 amide bonds. The summed E-state index contributed by atoms with van der Waals surface area (Å²) in [5.74, 6) is -0.600. The second-order valence-corrected chi connectivity index (χ2v) is 8.80. The van der Waals surface area contributed by atoms with Crippen LogP contribution in [-0.2, 0) is 24.7 Å². The van der Waals surface area contributed by atoms with Crippen molar-refractivity contribution in [3.63, 3.8) is 0 Å². The van der Waals surface area contributed by atoms with E-state index in [0.29, 0.717) is 0 Å². The van der Waals surface area contributed by atoms with Gasteiger partial charge in [-0.05, 0) is 31.2 Å². The van der Waals surface area contributed by atoms with Crippen molar-refractivity contribution in [1.82, 2.24) is 4.31 Å². The van der Waals surface area contributed by atoms with Crippen LogP contribution in [0.3, 0.4) is 0 Å². The fourth-order valence-corrected chi connectivity index (χ4v) is 3.67. The fourth-order valence-electron chi connectivity index (χ4n) is 1.68. The Hall–Kier alpha value is -1.45. The highest BCUT2D eigenvalue weighted by Gasteiger charge is 2.26. The summed E-state index contributed by atoms with van der Waals surface area (Å²) in [6.07, 6.45) is 0.939. The maximum Gasteiger partial charge on any atom is 0.243 e. The van der Waals surface area contributed by atoms with Gasteiger partial charge in [0, 0.05) is 25.8 Å². The molecule has 1 unspecified atom stereocenters. The lowest BCUT2D eigenvalue weighted by Crippen LogP contribution is -2.37. The lowest BCUT2D eigenvalue weighted by molar-refractivity contribution is -0.118. The molecular weight excluding hydrogens is 316 g/mol. The van der Waals surface area contributed by atoms with E-state index >= 15 is 0 Å².